The van der Waals surface area contributed by atoms with Gasteiger partial charge in [-0.05, 0) is 55.6 Å². The third-order valence-corrected chi connectivity index (χ3v) is 6.82. The van der Waals surface area contributed by atoms with E-state index in [0.717, 1.165) is 0 Å². The van der Waals surface area contributed by atoms with Crippen LogP contribution in [0.5, 0.6) is 0 Å². The third-order valence-electron chi connectivity index (χ3n) is 6.82. The standard InChI is InChI=1S/C14H10.C12H10.C10H8.C6H6/c1-2-6-12-10-14-8-4-3-7-13(14)9-11(12)5-1;1-3-7-11(8-4-1)12-9-5-2-6-10-12;1-2-6-10-8-4-3-7-9(10)5-1;1-2-4-6-5-3-1/h1-10H;1-10H;1-8H;1-6H. The summed E-state index contributed by atoms with van der Waals surface area (Å²) in [5.74, 6) is 0. The summed E-state index contributed by atoms with van der Waals surface area (Å²) in [6, 6.07) is 70.9. The Morgan fingerprint density at radius 3 is 0.619 bits per heavy atom. The zero-order valence-corrected chi connectivity index (χ0v) is 23.6. The van der Waals surface area contributed by atoms with E-state index in [0.29, 0.717) is 0 Å². The highest BCUT2D eigenvalue weighted by Gasteiger charge is 1.95. The highest BCUT2D eigenvalue weighted by molar-refractivity contribution is 5.98. The van der Waals surface area contributed by atoms with Crippen molar-refractivity contribution in [3.05, 3.63) is 206 Å². The molecule has 8 aromatic rings. The van der Waals surface area contributed by atoms with Gasteiger partial charge in [0.25, 0.3) is 0 Å². The summed E-state index contributed by atoms with van der Waals surface area (Å²) >= 11 is 0. The van der Waals surface area contributed by atoms with Gasteiger partial charge in [-0.15, -0.1) is 0 Å². The van der Waals surface area contributed by atoms with Crippen molar-refractivity contribution in [3.8, 4) is 11.1 Å². The van der Waals surface area contributed by atoms with Crippen molar-refractivity contribution < 1.29 is 0 Å². The number of rotatable bonds is 1. The molecular weight excluding hydrogens is 504 g/mol. The number of benzene rings is 8. The minimum atomic E-state index is 1.28. The molecule has 0 saturated heterocycles. The molecular formula is C42H34. The van der Waals surface area contributed by atoms with E-state index in [1.165, 1.54) is 43.4 Å². The van der Waals surface area contributed by atoms with E-state index in [2.05, 4.69) is 158 Å². The largest absolute Gasteiger partial charge is 0.0623 e. The van der Waals surface area contributed by atoms with Crippen LogP contribution in [0.4, 0.5) is 0 Å². The average molecular weight is 539 g/mol. The Bertz CT molecular complexity index is 1670. The summed E-state index contributed by atoms with van der Waals surface area (Å²) in [7, 11) is 0. The van der Waals surface area contributed by atoms with Crippen LogP contribution in [-0.2, 0) is 0 Å². The molecule has 0 nitrogen and oxygen atoms in total. The summed E-state index contributed by atoms with van der Waals surface area (Å²) in [5, 5.41) is 7.87. The second-order valence-corrected chi connectivity index (χ2v) is 9.78. The first-order chi connectivity index (χ1) is 20.9. The quantitative estimate of drug-likeness (QED) is 0.182. The number of hydrogen-bond acceptors (Lipinski definition) is 0. The van der Waals surface area contributed by atoms with Gasteiger partial charge in [0.2, 0.25) is 0 Å². The van der Waals surface area contributed by atoms with Crippen molar-refractivity contribution >= 4 is 32.3 Å². The fourth-order valence-electron chi connectivity index (χ4n) is 4.66. The molecule has 0 amide bonds. The molecule has 0 aliphatic carbocycles. The van der Waals surface area contributed by atoms with Crippen molar-refractivity contribution in [2.24, 2.45) is 0 Å². The zero-order valence-electron chi connectivity index (χ0n) is 23.6. The van der Waals surface area contributed by atoms with E-state index < -0.39 is 0 Å². The molecule has 0 N–H and O–H groups in total. The molecule has 0 bridgehead atoms. The lowest BCUT2D eigenvalue weighted by molar-refractivity contribution is 1.62. The SMILES string of the molecule is c1ccc(-c2ccccc2)cc1.c1ccc2cc3ccccc3cc2c1.c1ccc2ccccc2c1.c1ccccc1. The van der Waals surface area contributed by atoms with E-state index in [4.69, 9.17) is 0 Å². The minimum absolute atomic E-state index is 1.28. The average Bonchev–Trinajstić information content (AvgIpc) is 3.10. The van der Waals surface area contributed by atoms with Crippen molar-refractivity contribution in [2.45, 2.75) is 0 Å². The molecule has 0 heterocycles. The van der Waals surface area contributed by atoms with E-state index in [1.54, 1.807) is 0 Å². The molecule has 0 unspecified atom stereocenters. The van der Waals surface area contributed by atoms with Gasteiger partial charge in [0.1, 0.15) is 0 Å². The van der Waals surface area contributed by atoms with Gasteiger partial charge in [-0.1, -0.05) is 194 Å². The van der Waals surface area contributed by atoms with Crippen LogP contribution < -0.4 is 0 Å². The van der Waals surface area contributed by atoms with Crippen LogP contribution in [0, 0.1) is 0 Å². The van der Waals surface area contributed by atoms with Crippen molar-refractivity contribution in [2.75, 3.05) is 0 Å². The molecule has 0 radical (unpaired) electrons. The van der Waals surface area contributed by atoms with Crippen LogP contribution in [0.15, 0.2) is 206 Å². The Kier molecular flexibility index (Phi) is 10.3. The Balaban J connectivity index is 0.000000116. The van der Waals surface area contributed by atoms with Crippen LogP contribution in [0.1, 0.15) is 0 Å². The Labute approximate surface area is 249 Å². The number of hydrogen-bond donors (Lipinski definition) is 0. The molecule has 0 spiro atoms. The van der Waals surface area contributed by atoms with Crippen LogP contribution >= 0.6 is 0 Å². The first-order valence-corrected chi connectivity index (χ1v) is 14.3. The monoisotopic (exact) mass is 538 g/mol. The molecule has 8 aromatic carbocycles. The molecule has 0 saturated carbocycles. The van der Waals surface area contributed by atoms with Gasteiger partial charge in [-0.3, -0.25) is 0 Å². The van der Waals surface area contributed by atoms with E-state index in [1.807, 2.05) is 48.5 Å². The van der Waals surface area contributed by atoms with E-state index in [-0.39, 0.29) is 0 Å². The first kappa shape index (κ1) is 28.1. The summed E-state index contributed by atoms with van der Waals surface area (Å²) in [4.78, 5) is 0. The zero-order chi connectivity index (χ0) is 28.7. The predicted octanol–water partition coefficient (Wildman–Crippen LogP) is 11.9. The lowest BCUT2D eigenvalue weighted by Crippen LogP contribution is -1.74. The van der Waals surface area contributed by atoms with E-state index in [9.17, 15) is 0 Å². The molecule has 0 heteroatoms. The summed E-state index contributed by atoms with van der Waals surface area (Å²) < 4.78 is 0. The fourth-order valence-corrected chi connectivity index (χ4v) is 4.66. The van der Waals surface area contributed by atoms with Crippen LogP contribution in [0.2, 0.25) is 0 Å². The molecule has 202 valence electrons. The second kappa shape index (κ2) is 15.4. The van der Waals surface area contributed by atoms with Crippen LogP contribution in [-0.4, -0.2) is 0 Å². The predicted molar refractivity (Wildman–Crippen MR) is 184 cm³/mol. The lowest BCUT2D eigenvalue weighted by atomic mass is 10.0. The summed E-state index contributed by atoms with van der Waals surface area (Å²) in [6.07, 6.45) is 0. The highest BCUT2D eigenvalue weighted by atomic mass is 14.0. The number of fused-ring (bicyclic) bond motifs is 3. The van der Waals surface area contributed by atoms with Gasteiger partial charge in [-0.25, -0.2) is 0 Å². The molecule has 0 aromatic heterocycles. The molecule has 42 heavy (non-hydrogen) atoms. The van der Waals surface area contributed by atoms with Gasteiger partial charge < -0.3 is 0 Å². The van der Waals surface area contributed by atoms with Crippen molar-refractivity contribution in [1.82, 2.24) is 0 Å². The topological polar surface area (TPSA) is 0 Å². The molecule has 0 atom stereocenters. The minimum Gasteiger partial charge on any atom is -0.0623 e. The summed E-state index contributed by atoms with van der Waals surface area (Å²) in [5.41, 5.74) is 2.55. The van der Waals surface area contributed by atoms with Crippen LogP contribution in [0.25, 0.3) is 43.4 Å². The molecule has 0 aliphatic heterocycles. The van der Waals surface area contributed by atoms with Gasteiger partial charge in [0.15, 0.2) is 0 Å². The van der Waals surface area contributed by atoms with Gasteiger partial charge in [-0.2, -0.15) is 0 Å². The maximum Gasteiger partial charge on any atom is -0.0178 e. The fraction of sp³-hybridized carbons (Fsp3) is 0. The Morgan fingerprint density at radius 2 is 0.357 bits per heavy atom. The molecule has 8 rings (SSSR count). The van der Waals surface area contributed by atoms with Gasteiger partial charge in [0, 0.05) is 0 Å². The normalized spacial score (nSPS) is 9.90. The maximum absolute atomic E-state index is 2.24. The third kappa shape index (κ3) is 8.27. The van der Waals surface area contributed by atoms with Gasteiger partial charge >= 0.3 is 0 Å². The Morgan fingerprint density at radius 1 is 0.167 bits per heavy atom. The second-order valence-electron chi connectivity index (χ2n) is 9.78. The first-order valence-electron chi connectivity index (χ1n) is 14.3. The van der Waals surface area contributed by atoms with Gasteiger partial charge in [0.05, 0.1) is 0 Å². The smallest absolute Gasteiger partial charge is 0.0178 e. The van der Waals surface area contributed by atoms with Crippen molar-refractivity contribution in [3.63, 3.8) is 0 Å². The molecule has 0 fully saturated rings. The summed E-state index contributed by atoms with van der Waals surface area (Å²) in [6.45, 7) is 0. The maximum atomic E-state index is 2.24. The van der Waals surface area contributed by atoms with Crippen LogP contribution in [0.3, 0.4) is 0 Å². The lowest BCUT2D eigenvalue weighted by Gasteiger charge is -2.00. The molecule has 0 aliphatic rings. The highest BCUT2D eigenvalue weighted by Crippen LogP contribution is 2.22. The van der Waals surface area contributed by atoms with E-state index >= 15 is 0 Å². The van der Waals surface area contributed by atoms with Crippen molar-refractivity contribution in [1.29, 1.82) is 0 Å². The Hall–Kier alpha value is -5.46.